The SMILES string of the molecule is O=C(CNC(=O)C1CNc2ccccc2O1)NC1CC1. The van der Waals surface area contributed by atoms with E-state index in [9.17, 15) is 9.59 Å². The maximum absolute atomic E-state index is 12.0. The summed E-state index contributed by atoms with van der Waals surface area (Å²) in [6.45, 7) is 0.393. The van der Waals surface area contributed by atoms with E-state index in [1.54, 1.807) is 0 Å². The molecule has 1 aromatic carbocycles. The van der Waals surface area contributed by atoms with Crippen LogP contribution < -0.4 is 20.7 Å². The molecule has 1 unspecified atom stereocenters. The van der Waals surface area contributed by atoms with E-state index in [2.05, 4.69) is 16.0 Å². The molecule has 0 aromatic heterocycles. The largest absolute Gasteiger partial charge is 0.477 e. The Morgan fingerprint density at radius 2 is 2.10 bits per heavy atom. The minimum Gasteiger partial charge on any atom is -0.477 e. The van der Waals surface area contributed by atoms with Crippen LogP contribution in [0.2, 0.25) is 0 Å². The first-order valence-corrected chi connectivity index (χ1v) is 6.79. The van der Waals surface area contributed by atoms with Crippen LogP contribution in [0.25, 0.3) is 0 Å². The lowest BCUT2D eigenvalue weighted by molar-refractivity contribution is -0.130. The predicted octanol–water partition coefficient (Wildman–Crippen LogP) is 0.254. The molecular weight excluding hydrogens is 258 g/mol. The number of ether oxygens (including phenoxy) is 1. The Labute approximate surface area is 116 Å². The zero-order valence-electron chi connectivity index (χ0n) is 11.0. The van der Waals surface area contributed by atoms with Crippen LogP contribution in [-0.2, 0) is 9.59 Å². The summed E-state index contributed by atoms with van der Waals surface area (Å²) in [5.74, 6) is 0.226. The molecule has 1 saturated carbocycles. The maximum Gasteiger partial charge on any atom is 0.263 e. The van der Waals surface area contributed by atoms with E-state index in [-0.39, 0.29) is 18.4 Å². The maximum atomic E-state index is 12.0. The number of carbonyl (C=O) groups is 2. The molecule has 1 aliphatic carbocycles. The lowest BCUT2D eigenvalue weighted by Gasteiger charge is -2.26. The van der Waals surface area contributed by atoms with Crippen molar-refractivity contribution in [1.29, 1.82) is 0 Å². The van der Waals surface area contributed by atoms with Gasteiger partial charge < -0.3 is 20.7 Å². The number of anilines is 1. The molecule has 0 spiro atoms. The standard InChI is InChI=1S/C14H17N3O3/c18-13(17-9-5-6-9)8-16-14(19)12-7-15-10-3-1-2-4-11(10)20-12/h1-4,9,12,15H,5-8H2,(H,16,19)(H,17,18). The van der Waals surface area contributed by atoms with Crippen LogP contribution >= 0.6 is 0 Å². The summed E-state index contributed by atoms with van der Waals surface area (Å²) in [5.41, 5.74) is 0.878. The second-order valence-corrected chi connectivity index (χ2v) is 5.04. The number of hydrogen-bond donors (Lipinski definition) is 3. The van der Waals surface area contributed by atoms with E-state index < -0.39 is 6.10 Å². The van der Waals surface area contributed by atoms with Gasteiger partial charge in [-0.3, -0.25) is 9.59 Å². The van der Waals surface area contributed by atoms with E-state index in [0.717, 1.165) is 18.5 Å². The average molecular weight is 275 g/mol. The average Bonchev–Trinajstić information content (AvgIpc) is 3.28. The number of amides is 2. The molecule has 1 aliphatic heterocycles. The molecule has 0 radical (unpaired) electrons. The fourth-order valence-corrected chi connectivity index (χ4v) is 2.05. The molecule has 3 rings (SSSR count). The van der Waals surface area contributed by atoms with Gasteiger partial charge in [-0.05, 0) is 25.0 Å². The van der Waals surface area contributed by atoms with Crippen molar-refractivity contribution in [3.8, 4) is 5.75 Å². The number of rotatable bonds is 4. The first-order valence-electron chi connectivity index (χ1n) is 6.79. The third kappa shape index (κ3) is 3.01. The molecule has 1 heterocycles. The lowest BCUT2D eigenvalue weighted by Crippen LogP contribution is -2.47. The van der Waals surface area contributed by atoms with Crippen molar-refractivity contribution < 1.29 is 14.3 Å². The summed E-state index contributed by atoms with van der Waals surface area (Å²) in [6.07, 6.45) is 1.46. The fourth-order valence-electron chi connectivity index (χ4n) is 2.05. The highest BCUT2D eigenvalue weighted by Crippen LogP contribution is 2.28. The number of hydrogen-bond acceptors (Lipinski definition) is 4. The van der Waals surface area contributed by atoms with Crippen molar-refractivity contribution in [3.05, 3.63) is 24.3 Å². The molecule has 1 atom stereocenters. The second kappa shape index (κ2) is 5.40. The van der Waals surface area contributed by atoms with Gasteiger partial charge in [-0.1, -0.05) is 12.1 Å². The Morgan fingerprint density at radius 1 is 1.30 bits per heavy atom. The van der Waals surface area contributed by atoms with E-state index in [1.165, 1.54) is 0 Å². The highest BCUT2D eigenvalue weighted by molar-refractivity contribution is 5.88. The van der Waals surface area contributed by atoms with Gasteiger partial charge >= 0.3 is 0 Å². The molecule has 2 amide bonds. The molecule has 20 heavy (non-hydrogen) atoms. The summed E-state index contributed by atoms with van der Waals surface area (Å²) >= 11 is 0. The van der Waals surface area contributed by atoms with Gasteiger partial charge in [0.1, 0.15) is 5.75 Å². The Kier molecular flexibility index (Phi) is 3.45. The van der Waals surface area contributed by atoms with E-state index in [0.29, 0.717) is 18.3 Å². The minimum absolute atomic E-state index is 0.00313. The van der Waals surface area contributed by atoms with Gasteiger partial charge in [0.15, 0.2) is 6.10 Å². The van der Waals surface area contributed by atoms with Gasteiger partial charge in [-0.25, -0.2) is 0 Å². The summed E-state index contributed by atoms with van der Waals surface area (Å²) < 4.78 is 5.61. The summed E-state index contributed by atoms with van der Waals surface area (Å²) in [6, 6.07) is 7.76. The van der Waals surface area contributed by atoms with Gasteiger partial charge in [0.25, 0.3) is 5.91 Å². The second-order valence-electron chi connectivity index (χ2n) is 5.04. The zero-order chi connectivity index (χ0) is 13.9. The molecule has 2 aliphatic rings. The molecule has 0 bridgehead atoms. The van der Waals surface area contributed by atoms with Crippen LogP contribution in [0.15, 0.2) is 24.3 Å². The van der Waals surface area contributed by atoms with Crippen molar-refractivity contribution >= 4 is 17.5 Å². The van der Waals surface area contributed by atoms with Crippen molar-refractivity contribution in [1.82, 2.24) is 10.6 Å². The monoisotopic (exact) mass is 275 g/mol. The Morgan fingerprint density at radius 3 is 2.90 bits per heavy atom. The third-order valence-corrected chi connectivity index (χ3v) is 3.29. The van der Waals surface area contributed by atoms with Gasteiger partial charge in [-0.15, -0.1) is 0 Å². The zero-order valence-corrected chi connectivity index (χ0v) is 11.0. The Balaban J connectivity index is 1.49. The first-order chi connectivity index (χ1) is 9.72. The Bertz CT molecular complexity index is 528. The van der Waals surface area contributed by atoms with Crippen molar-refractivity contribution in [2.45, 2.75) is 25.0 Å². The number of fused-ring (bicyclic) bond motifs is 1. The molecule has 1 aromatic rings. The van der Waals surface area contributed by atoms with Gasteiger partial charge in [0.05, 0.1) is 18.8 Å². The third-order valence-electron chi connectivity index (χ3n) is 3.29. The van der Waals surface area contributed by atoms with E-state index >= 15 is 0 Å². The summed E-state index contributed by atoms with van der Waals surface area (Å²) in [7, 11) is 0. The van der Waals surface area contributed by atoms with Crippen LogP contribution in [0.4, 0.5) is 5.69 Å². The van der Waals surface area contributed by atoms with Crippen LogP contribution in [-0.4, -0.2) is 37.0 Å². The molecule has 1 fully saturated rings. The number of nitrogens with one attached hydrogen (secondary N) is 3. The first kappa shape index (κ1) is 12.8. The van der Waals surface area contributed by atoms with E-state index in [1.807, 2.05) is 24.3 Å². The van der Waals surface area contributed by atoms with Crippen molar-refractivity contribution in [2.24, 2.45) is 0 Å². The molecule has 3 N–H and O–H groups in total. The van der Waals surface area contributed by atoms with Crippen LogP contribution in [0.3, 0.4) is 0 Å². The molecule has 6 nitrogen and oxygen atoms in total. The number of benzene rings is 1. The molecule has 106 valence electrons. The fraction of sp³-hybridized carbons (Fsp3) is 0.429. The highest BCUT2D eigenvalue weighted by Gasteiger charge is 2.27. The normalized spacial score (nSPS) is 20.1. The minimum atomic E-state index is -0.612. The Hall–Kier alpha value is -2.24. The predicted molar refractivity (Wildman–Crippen MR) is 73.5 cm³/mol. The van der Waals surface area contributed by atoms with E-state index in [4.69, 9.17) is 4.74 Å². The molecular formula is C14H17N3O3. The quantitative estimate of drug-likeness (QED) is 0.736. The van der Waals surface area contributed by atoms with Gasteiger partial charge in [0.2, 0.25) is 5.91 Å². The summed E-state index contributed by atoms with van der Waals surface area (Å²) in [5, 5.41) is 8.55. The topological polar surface area (TPSA) is 79.5 Å². The molecule has 0 saturated heterocycles. The van der Waals surface area contributed by atoms with Gasteiger partial charge in [-0.2, -0.15) is 0 Å². The lowest BCUT2D eigenvalue weighted by atomic mass is 10.2. The van der Waals surface area contributed by atoms with Crippen molar-refractivity contribution in [2.75, 3.05) is 18.4 Å². The number of para-hydroxylation sites is 2. The van der Waals surface area contributed by atoms with Crippen molar-refractivity contribution in [3.63, 3.8) is 0 Å². The summed E-state index contributed by atoms with van der Waals surface area (Å²) in [4.78, 5) is 23.5. The van der Waals surface area contributed by atoms with Crippen LogP contribution in [0, 0.1) is 0 Å². The van der Waals surface area contributed by atoms with Crippen LogP contribution in [0.5, 0.6) is 5.75 Å². The van der Waals surface area contributed by atoms with Crippen LogP contribution in [0.1, 0.15) is 12.8 Å². The molecule has 6 heteroatoms. The number of carbonyl (C=O) groups excluding carboxylic acids is 2. The highest BCUT2D eigenvalue weighted by atomic mass is 16.5. The van der Waals surface area contributed by atoms with Gasteiger partial charge in [0, 0.05) is 6.04 Å². The smallest absolute Gasteiger partial charge is 0.263 e.